The van der Waals surface area contributed by atoms with Crippen LogP contribution >= 0.6 is 0 Å². The Bertz CT molecular complexity index is 568. The van der Waals surface area contributed by atoms with Crippen LogP contribution in [0.2, 0.25) is 0 Å². The van der Waals surface area contributed by atoms with E-state index in [9.17, 15) is 0 Å². The molecule has 104 valence electrons. The average molecular weight is 261 g/mol. The van der Waals surface area contributed by atoms with Gasteiger partial charge in [0.2, 0.25) is 5.89 Å². The molecule has 1 atom stereocenters. The molecule has 0 aliphatic rings. The Hall–Kier alpha value is -1.55. The third-order valence-corrected chi connectivity index (χ3v) is 3.79. The van der Waals surface area contributed by atoms with Crippen LogP contribution in [0.4, 0.5) is 5.69 Å². The van der Waals surface area contributed by atoms with Crippen LogP contribution < -0.4 is 5.73 Å². The Kier molecular flexibility index (Phi) is 3.54. The Labute approximate surface area is 114 Å². The zero-order valence-corrected chi connectivity index (χ0v) is 12.4. The van der Waals surface area contributed by atoms with E-state index in [1.807, 2.05) is 18.2 Å². The lowest BCUT2D eigenvalue weighted by Gasteiger charge is -2.34. The molecular weight excluding hydrogens is 238 g/mol. The van der Waals surface area contributed by atoms with Crippen LogP contribution in [0.3, 0.4) is 0 Å². The highest BCUT2D eigenvalue weighted by molar-refractivity contribution is 5.85. The molecule has 1 aromatic heterocycles. The zero-order valence-electron chi connectivity index (χ0n) is 12.4. The number of nitrogens with two attached hydrogens (primary N) is 1. The number of oxazole rings is 1. The maximum absolute atomic E-state index is 5.89. The summed E-state index contributed by atoms with van der Waals surface area (Å²) >= 11 is 0. The molecule has 1 aromatic carbocycles. The molecule has 1 unspecified atom stereocenters. The van der Waals surface area contributed by atoms with Crippen LogP contribution in [0.1, 0.15) is 33.6 Å². The summed E-state index contributed by atoms with van der Waals surface area (Å²) in [6, 6.07) is 6.06. The number of fused-ring (bicyclic) bond motifs is 1. The Balaban J connectivity index is 2.20. The summed E-state index contributed by atoms with van der Waals surface area (Å²) in [7, 11) is 2.09. The topological polar surface area (TPSA) is 55.3 Å². The summed E-state index contributed by atoms with van der Waals surface area (Å²) in [5.41, 5.74) is 8.30. The molecule has 2 N–H and O–H groups in total. The maximum Gasteiger partial charge on any atom is 0.209 e. The number of nitrogen functional groups attached to an aromatic ring is 1. The van der Waals surface area contributed by atoms with Gasteiger partial charge in [0.05, 0.1) is 12.2 Å². The largest absolute Gasteiger partial charge is 0.439 e. The molecule has 0 saturated carbocycles. The Morgan fingerprint density at radius 2 is 2.05 bits per heavy atom. The molecule has 0 bridgehead atoms. The van der Waals surface area contributed by atoms with Gasteiger partial charge in [-0.05, 0) is 31.5 Å². The van der Waals surface area contributed by atoms with E-state index in [2.05, 4.69) is 44.6 Å². The van der Waals surface area contributed by atoms with Gasteiger partial charge >= 0.3 is 0 Å². The number of hydrogen-bond donors (Lipinski definition) is 1. The van der Waals surface area contributed by atoms with E-state index >= 15 is 0 Å². The minimum absolute atomic E-state index is 0.222. The van der Waals surface area contributed by atoms with Gasteiger partial charge in [-0.1, -0.05) is 26.8 Å². The Morgan fingerprint density at radius 3 is 2.63 bits per heavy atom. The average Bonchev–Trinajstić information content (AvgIpc) is 2.70. The third kappa shape index (κ3) is 2.89. The fourth-order valence-electron chi connectivity index (χ4n) is 2.09. The van der Waals surface area contributed by atoms with Gasteiger partial charge < -0.3 is 10.2 Å². The van der Waals surface area contributed by atoms with E-state index in [-0.39, 0.29) is 5.41 Å². The van der Waals surface area contributed by atoms with Gasteiger partial charge in [0.1, 0.15) is 5.52 Å². The molecule has 0 spiro atoms. The summed E-state index contributed by atoms with van der Waals surface area (Å²) in [6.07, 6.45) is 0. The van der Waals surface area contributed by atoms with E-state index in [1.165, 1.54) is 0 Å². The molecular formula is C15H23N3O. The van der Waals surface area contributed by atoms with E-state index in [1.54, 1.807) is 0 Å². The van der Waals surface area contributed by atoms with Crippen LogP contribution in [0.25, 0.3) is 11.1 Å². The van der Waals surface area contributed by atoms with Gasteiger partial charge in [-0.15, -0.1) is 0 Å². The van der Waals surface area contributed by atoms with Crippen molar-refractivity contribution in [1.29, 1.82) is 0 Å². The van der Waals surface area contributed by atoms with Gasteiger partial charge in [-0.2, -0.15) is 0 Å². The first-order valence-corrected chi connectivity index (χ1v) is 6.63. The lowest BCUT2D eigenvalue weighted by molar-refractivity contribution is 0.125. The van der Waals surface area contributed by atoms with Gasteiger partial charge in [0.25, 0.3) is 0 Å². The van der Waals surface area contributed by atoms with Gasteiger partial charge in [-0.3, -0.25) is 4.90 Å². The zero-order chi connectivity index (χ0) is 14.2. The summed E-state index contributed by atoms with van der Waals surface area (Å²) in [6.45, 7) is 9.61. The van der Waals surface area contributed by atoms with Gasteiger partial charge in [-0.25, -0.2) is 4.98 Å². The van der Waals surface area contributed by atoms with Crippen molar-refractivity contribution in [2.75, 3.05) is 12.8 Å². The van der Waals surface area contributed by atoms with Crippen LogP contribution in [-0.4, -0.2) is 23.0 Å². The molecule has 1 heterocycles. The number of aromatic nitrogens is 1. The normalized spacial score (nSPS) is 14.2. The van der Waals surface area contributed by atoms with Crippen molar-refractivity contribution >= 4 is 16.8 Å². The first kappa shape index (κ1) is 13.9. The van der Waals surface area contributed by atoms with Gasteiger partial charge in [0.15, 0.2) is 5.58 Å². The van der Waals surface area contributed by atoms with Crippen molar-refractivity contribution in [2.24, 2.45) is 5.41 Å². The standard InChI is InChI=1S/C15H23N3O/c1-10(15(2,3)4)18(5)9-13-17-14-11(16)7-6-8-12(14)19-13/h6-8,10H,9,16H2,1-5H3. The highest BCUT2D eigenvalue weighted by atomic mass is 16.3. The summed E-state index contributed by atoms with van der Waals surface area (Å²) in [5.74, 6) is 0.714. The van der Waals surface area contributed by atoms with Crippen LogP contribution in [0, 0.1) is 5.41 Å². The number of hydrogen-bond acceptors (Lipinski definition) is 4. The molecule has 2 aromatic rings. The fourth-order valence-corrected chi connectivity index (χ4v) is 2.09. The van der Waals surface area contributed by atoms with E-state index in [0.717, 1.165) is 11.1 Å². The molecule has 4 heteroatoms. The molecule has 19 heavy (non-hydrogen) atoms. The number of rotatable bonds is 3. The summed E-state index contributed by atoms with van der Waals surface area (Å²) < 4.78 is 5.75. The van der Waals surface area contributed by atoms with Crippen molar-refractivity contribution in [3.05, 3.63) is 24.1 Å². The fraction of sp³-hybridized carbons (Fsp3) is 0.533. The quantitative estimate of drug-likeness (QED) is 0.861. The van der Waals surface area contributed by atoms with Crippen LogP contribution in [0.5, 0.6) is 0 Å². The number of benzene rings is 1. The molecule has 4 nitrogen and oxygen atoms in total. The van der Waals surface area contributed by atoms with Crippen molar-refractivity contribution in [2.45, 2.75) is 40.3 Å². The number of para-hydroxylation sites is 1. The maximum atomic E-state index is 5.89. The van der Waals surface area contributed by atoms with E-state index < -0.39 is 0 Å². The van der Waals surface area contributed by atoms with Crippen LogP contribution in [-0.2, 0) is 6.54 Å². The molecule has 0 amide bonds. The molecule has 2 rings (SSSR count). The minimum atomic E-state index is 0.222. The van der Waals surface area contributed by atoms with Crippen molar-refractivity contribution < 1.29 is 4.42 Å². The first-order chi connectivity index (χ1) is 8.79. The Morgan fingerprint density at radius 1 is 1.37 bits per heavy atom. The SMILES string of the molecule is CC(N(C)Cc1nc2c(N)cccc2o1)C(C)(C)C. The molecule has 0 saturated heterocycles. The molecule has 0 aliphatic carbocycles. The van der Waals surface area contributed by atoms with Crippen LogP contribution in [0.15, 0.2) is 22.6 Å². The summed E-state index contributed by atoms with van der Waals surface area (Å²) in [5, 5.41) is 0. The van der Waals surface area contributed by atoms with Crippen molar-refractivity contribution in [3.8, 4) is 0 Å². The second-order valence-electron chi connectivity index (χ2n) is 6.26. The predicted molar refractivity (Wildman–Crippen MR) is 78.8 cm³/mol. The molecule has 0 radical (unpaired) electrons. The first-order valence-electron chi connectivity index (χ1n) is 6.63. The van der Waals surface area contributed by atoms with E-state index in [0.29, 0.717) is 24.2 Å². The predicted octanol–water partition coefficient (Wildman–Crippen LogP) is 3.28. The highest BCUT2D eigenvalue weighted by Crippen LogP contribution is 2.26. The number of anilines is 1. The molecule has 0 aliphatic heterocycles. The third-order valence-electron chi connectivity index (χ3n) is 3.79. The van der Waals surface area contributed by atoms with Crippen molar-refractivity contribution in [3.63, 3.8) is 0 Å². The summed E-state index contributed by atoms with van der Waals surface area (Å²) in [4.78, 5) is 6.73. The minimum Gasteiger partial charge on any atom is -0.439 e. The monoisotopic (exact) mass is 261 g/mol. The lowest BCUT2D eigenvalue weighted by Crippen LogP contribution is -2.38. The second kappa shape index (κ2) is 4.85. The second-order valence-corrected chi connectivity index (χ2v) is 6.26. The highest BCUT2D eigenvalue weighted by Gasteiger charge is 2.24. The molecule has 0 fully saturated rings. The smallest absolute Gasteiger partial charge is 0.209 e. The number of nitrogens with zero attached hydrogens (tertiary/aromatic N) is 2. The van der Waals surface area contributed by atoms with Crippen molar-refractivity contribution in [1.82, 2.24) is 9.88 Å². The van der Waals surface area contributed by atoms with E-state index in [4.69, 9.17) is 10.2 Å². The van der Waals surface area contributed by atoms with Gasteiger partial charge in [0, 0.05) is 6.04 Å². The lowest BCUT2D eigenvalue weighted by atomic mass is 9.87.